The molecule has 226 valence electrons. The number of nitrogens with one attached hydrogen (secondary N) is 1. The normalized spacial score (nSPS) is 25.1. The van der Waals surface area contributed by atoms with Crippen molar-refractivity contribution in [1.82, 2.24) is 14.4 Å². The van der Waals surface area contributed by atoms with E-state index in [4.69, 9.17) is 18.8 Å². The number of benzene rings is 2. The van der Waals surface area contributed by atoms with Gasteiger partial charge >= 0.3 is 19.8 Å². The van der Waals surface area contributed by atoms with Gasteiger partial charge < -0.3 is 19.4 Å². The molecule has 2 heterocycles. The average Bonchev–Trinajstić information content (AvgIpc) is 3.11. The van der Waals surface area contributed by atoms with Crippen LogP contribution in [0.4, 0.5) is 8.78 Å². The molecule has 1 aliphatic rings. The van der Waals surface area contributed by atoms with E-state index in [-0.39, 0.29) is 10.2 Å². The Morgan fingerprint density at radius 3 is 2.55 bits per heavy atom. The Labute approximate surface area is 247 Å². The van der Waals surface area contributed by atoms with E-state index in [2.05, 4.69) is 15.9 Å². The molecular formula is C26H28BrF2N3O9P+. The van der Waals surface area contributed by atoms with Gasteiger partial charge in [0.1, 0.15) is 4.83 Å². The third-order valence-electron chi connectivity index (χ3n) is 6.39. The third kappa shape index (κ3) is 6.46. The number of rotatable bonds is 10. The lowest BCUT2D eigenvalue weighted by atomic mass is 9.97. The highest BCUT2D eigenvalue weighted by Gasteiger charge is 2.66. The third-order valence-corrected chi connectivity index (χ3v) is 8.05. The van der Waals surface area contributed by atoms with Crippen LogP contribution in [-0.2, 0) is 23.4 Å². The topological polar surface area (TPSA) is 149 Å². The zero-order valence-electron chi connectivity index (χ0n) is 22.8. The fourth-order valence-electron chi connectivity index (χ4n) is 4.21. The number of esters is 1. The van der Waals surface area contributed by atoms with Crippen LogP contribution in [0.3, 0.4) is 0 Å². The number of fused-ring (bicyclic) bond motifs is 1. The van der Waals surface area contributed by atoms with Crippen molar-refractivity contribution in [2.75, 3.05) is 6.61 Å². The SMILES string of the molecule is CC(C)OC(=O)C(C)N(Oc1ccc2ccccc2c1)[P+](=O)OC[C@@]1(F)O[C@@H](n2cc(Br)c(=O)[nH]c2=O)[C@](C)(F)[C@@H]1O. The van der Waals surface area contributed by atoms with Crippen molar-refractivity contribution < 1.29 is 42.1 Å². The monoisotopic (exact) mass is 674 g/mol. The van der Waals surface area contributed by atoms with E-state index in [1.54, 1.807) is 38.1 Å². The number of aromatic amines is 1. The molecule has 1 aromatic heterocycles. The number of ether oxygens (including phenoxy) is 2. The molecular weight excluding hydrogens is 647 g/mol. The van der Waals surface area contributed by atoms with Crippen LogP contribution in [-0.4, -0.2) is 61.8 Å². The molecule has 2 N–H and O–H groups in total. The molecule has 42 heavy (non-hydrogen) atoms. The molecule has 1 aliphatic heterocycles. The maximum absolute atomic E-state index is 15.9. The predicted molar refractivity (Wildman–Crippen MR) is 149 cm³/mol. The summed E-state index contributed by atoms with van der Waals surface area (Å²) in [5.74, 6) is -3.99. The second-order valence-corrected chi connectivity index (χ2v) is 12.0. The van der Waals surface area contributed by atoms with Crippen LogP contribution in [0.15, 0.2) is 62.7 Å². The Balaban J connectivity index is 1.58. The summed E-state index contributed by atoms with van der Waals surface area (Å²) in [7, 11) is -3.21. The smallest absolute Gasteiger partial charge is 0.462 e. The van der Waals surface area contributed by atoms with Gasteiger partial charge in [0.15, 0.2) is 36.4 Å². The zero-order chi connectivity index (χ0) is 31.0. The van der Waals surface area contributed by atoms with E-state index in [0.717, 1.165) is 23.9 Å². The number of H-pyrrole nitrogens is 1. The minimum Gasteiger partial charge on any atom is -0.462 e. The summed E-state index contributed by atoms with van der Waals surface area (Å²) in [6.45, 7) is 4.02. The summed E-state index contributed by atoms with van der Waals surface area (Å²) in [4.78, 5) is 45.0. The largest absolute Gasteiger partial charge is 0.653 e. The lowest BCUT2D eigenvalue weighted by Crippen LogP contribution is -2.47. The van der Waals surface area contributed by atoms with Crippen molar-refractivity contribution in [2.24, 2.45) is 0 Å². The maximum atomic E-state index is 15.9. The Kier molecular flexibility index (Phi) is 9.31. The number of hydrogen-bond donors (Lipinski definition) is 2. The zero-order valence-corrected chi connectivity index (χ0v) is 25.3. The first-order valence-electron chi connectivity index (χ1n) is 12.7. The number of aliphatic hydroxyl groups is 1. The second-order valence-electron chi connectivity index (χ2n) is 10.0. The fraction of sp³-hybridized carbons (Fsp3) is 0.423. The van der Waals surface area contributed by atoms with E-state index in [0.29, 0.717) is 9.40 Å². The van der Waals surface area contributed by atoms with Gasteiger partial charge in [-0.3, -0.25) is 19.1 Å². The summed E-state index contributed by atoms with van der Waals surface area (Å²) in [6.07, 6.45) is -4.23. The molecule has 6 atom stereocenters. The van der Waals surface area contributed by atoms with Gasteiger partial charge in [-0.1, -0.05) is 30.3 Å². The van der Waals surface area contributed by atoms with E-state index < -0.39 is 68.0 Å². The first kappa shape index (κ1) is 31.9. The summed E-state index contributed by atoms with van der Waals surface area (Å²) in [6, 6.07) is 10.9. The van der Waals surface area contributed by atoms with Gasteiger partial charge in [-0.2, -0.15) is 0 Å². The molecule has 1 fully saturated rings. The highest BCUT2D eigenvalue weighted by Crippen LogP contribution is 2.48. The first-order valence-corrected chi connectivity index (χ1v) is 14.6. The molecule has 2 unspecified atom stereocenters. The summed E-state index contributed by atoms with van der Waals surface area (Å²) in [5.41, 5.74) is -4.87. The van der Waals surface area contributed by atoms with Crippen LogP contribution in [0.2, 0.25) is 0 Å². The molecule has 0 radical (unpaired) electrons. The van der Waals surface area contributed by atoms with Gasteiger partial charge in [0.25, 0.3) is 11.4 Å². The van der Waals surface area contributed by atoms with Crippen LogP contribution in [0.5, 0.6) is 5.75 Å². The van der Waals surface area contributed by atoms with Crippen LogP contribution >= 0.6 is 24.1 Å². The van der Waals surface area contributed by atoms with Crippen molar-refractivity contribution in [3.05, 3.63) is 74.0 Å². The molecule has 12 nitrogen and oxygen atoms in total. The van der Waals surface area contributed by atoms with Gasteiger partial charge in [-0.15, -0.1) is 4.52 Å². The highest BCUT2D eigenvalue weighted by atomic mass is 79.9. The van der Waals surface area contributed by atoms with Crippen molar-refractivity contribution in [3.8, 4) is 5.75 Å². The summed E-state index contributed by atoms with van der Waals surface area (Å²) >= 11 is 2.90. The predicted octanol–water partition coefficient (Wildman–Crippen LogP) is 4.05. The van der Waals surface area contributed by atoms with Crippen molar-refractivity contribution in [1.29, 1.82) is 0 Å². The standard InChI is InChI=1S/C26H27BrF2N3O9P/c1-14(2)39-21(34)15(3)32(41-18-10-9-16-7-5-6-8-17(16)11-18)42(37)38-13-26(29)22(35)25(4,28)23(40-26)31-12-19(27)20(33)30-24(31)36/h5-12,14-15,22-23,35H,13H2,1-4H3/p+1/t15?,22-,23+,25+,26+/m0/s1. The minimum absolute atomic E-state index is 0.163. The van der Waals surface area contributed by atoms with E-state index in [1.165, 1.54) is 6.92 Å². The Bertz CT molecular complexity index is 1620. The van der Waals surface area contributed by atoms with Gasteiger partial charge in [0.2, 0.25) is 0 Å². The van der Waals surface area contributed by atoms with Crippen LogP contribution in [0.25, 0.3) is 10.8 Å². The summed E-state index contributed by atoms with van der Waals surface area (Å²) in [5, 5.41) is 12.2. The molecule has 0 aliphatic carbocycles. The molecule has 4 rings (SSSR count). The maximum Gasteiger partial charge on any atom is 0.653 e. The van der Waals surface area contributed by atoms with Crippen LogP contribution in [0, 0.1) is 0 Å². The number of aromatic nitrogens is 2. The van der Waals surface area contributed by atoms with Crippen LogP contribution < -0.4 is 16.1 Å². The fourth-order valence-corrected chi connectivity index (χ4v) is 5.46. The number of nitrogens with zero attached hydrogens (tertiary/aromatic N) is 2. The summed E-state index contributed by atoms with van der Waals surface area (Å²) < 4.78 is 60.7. The molecule has 16 heteroatoms. The molecule has 0 amide bonds. The average molecular weight is 675 g/mol. The first-order chi connectivity index (χ1) is 19.6. The molecule has 0 spiro atoms. The molecule has 3 aromatic rings. The number of carbonyl (C=O) groups is 1. The minimum atomic E-state index is -3.32. The van der Waals surface area contributed by atoms with Gasteiger partial charge in [0, 0.05) is 6.20 Å². The number of aliphatic hydroxyl groups excluding tert-OH is 1. The van der Waals surface area contributed by atoms with Crippen LogP contribution in [0.1, 0.15) is 33.9 Å². The lowest BCUT2D eigenvalue weighted by molar-refractivity contribution is -0.204. The van der Waals surface area contributed by atoms with E-state index in [9.17, 15) is 24.1 Å². The molecule has 1 saturated heterocycles. The second kappa shape index (κ2) is 12.3. The molecule has 2 aromatic carbocycles. The highest BCUT2D eigenvalue weighted by molar-refractivity contribution is 9.10. The van der Waals surface area contributed by atoms with Gasteiger partial charge in [-0.05, 0) is 71.1 Å². The Hall–Kier alpha value is -3.07. The Morgan fingerprint density at radius 1 is 1.21 bits per heavy atom. The Morgan fingerprint density at radius 2 is 1.88 bits per heavy atom. The number of hydroxylamine groups is 1. The quantitative estimate of drug-likeness (QED) is 0.183. The van der Waals surface area contributed by atoms with Gasteiger partial charge in [0.05, 0.1) is 10.6 Å². The number of hydrogen-bond acceptors (Lipinski definition) is 9. The number of alkyl halides is 2. The van der Waals surface area contributed by atoms with E-state index >= 15 is 8.78 Å². The molecule has 0 saturated carbocycles. The van der Waals surface area contributed by atoms with Crippen molar-refractivity contribution >= 4 is 40.9 Å². The number of halogens is 3. The van der Waals surface area contributed by atoms with E-state index in [1.807, 2.05) is 23.2 Å². The van der Waals surface area contributed by atoms with Crippen molar-refractivity contribution in [3.63, 3.8) is 0 Å². The number of carbonyl (C=O) groups excluding carboxylic acids is 1. The van der Waals surface area contributed by atoms with Gasteiger partial charge in [-0.25, -0.2) is 13.6 Å². The molecule has 0 bridgehead atoms. The lowest BCUT2D eigenvalue weighted by Gasteiger charge is -2.24. The van der Waals surface area contributed by atoms with Crippen molar-refractivity contribution in [2.45, 2.75) is 63.7 Å².